The van der Waals surface area contributed by atoms with E-state index in [1.807, 2.05) is 4.90 Å². The zero-order chi connectivity index (χ0) is 20.3. The van der Waals surface area contributed by atoms with E-state index in [2.05, 4.69) is 11.6 Å². The van der Waals surface area contributed by atoms with Crippen molar-refractivity contribution in [1.29, 1.82) is 0 Å². The Kier molecular flexibility index (Phi) is 5.84. The van der Waals surface area contributed by atoms with Gasteiger partial charge in [-0.05, 0) is 69.5 Å². The van der Waals surface area contributed by atoms with Crippen molar-refractivity contribution in [1.82, 2.24) is 4.90 Å². The number of benzene rings is 2. The van der Waals surface area contributed by atoms with Gasteiger partial charge in [-0.25, -0.2) is 8.42 Å². The van der Waals surface area contributed by atoms with Crippen LogP contribution in [0.15, 0.2) is 53.4 Å². The van der Waals surface area contributed by atoms with E-state index in [0.717, 1.165) is 25.8 Å². The summed E-state index contributed by atoms with van der Waals surface area (Å²) in [6, 6.07) is 12.4. The lowest BCUT2D eigenvalue weighted by Crippen LogP contribution is -2.42. The van der Waals surface area contributed by atoms with Crippen molar-refractivity contribution in [2.75, 3.05) is 11.3 Å². The van der Waals surface area contributed by atoms with Crippen LogP contribution in [0.5, 0.6) is 0 Å². The molecular weight excluding hydrogens is 376 g/mol. The Morgan fingerprint density at radius 2 is 1.57 bits per heavy atom. The maximum atomic E-state index is 12.7. The van der Waals surface area contributed by atoms with Gasteiger partial charge in [0.2, 0.25) is 0 Å². The molecule has 1 amide bonds. The van der Waals surface area contributed by atoms with E-state index in [4.69, 9.17) is 0 Å². The Labute approximate surface area is 165 Å². The zero-order valence-electron chi connectivity index (χ0n) is 16.0. The van der Waals surface area contributed by atoms with Gasteiger partial charge in [0.25, 0.3) is 15.9 Å². The number of Topliss-reactive ketones (excluding diaryl/α,β-unsaturated/α-hetero) is 1. The maximum absolute atomic E-state index is 12.7. The second-order valence-electron chi connectivity index (χ2n) is 7.11. The molecule has 1 unspecified atom stereocenters. The summed E-state index contributed by atoms with van der Waals surface area (Å²) in [6.07, 6.45) is 3.15. The van der Waals surface area contributed by atoms with E-state index < -0.39 is 10.0 Å². The molecule has 1 heterocycles. The lowest BCUT2D eigenvalue weighted by molar-refractivity contribution is 0.0635. The van der Waals surface area contributed by atoms with E-state index in [1.165, 1.54) is 31.2 Å². The van der Waals surface area contributed by atoms with Crippen LogP contribution in [-0.2, 0) is 10.0 Å². The molecule has 1 fully saturated rings. The molecule has 0 spiro atoms. The van der Waals surface area contributed by atoms with Crippen LogP contribution < -0.4 is 4.72 Å². The van der Waals surface area contributed by atoms with Gasteiger partial charge in [-0.15, -0.1) is 0 Å². The topological polar surface area (TPSA) is 83.5 Å². The second-order valence-corrected chi connectivity index (χ2v) is 8.79. The highest BCUT2D eigenvalue weighted by atomic mass is 32.2. The Morgan fingerprint density at radius 1 is 0.964 bits per heavy atom. The average Bonchev–Trinajstić information content (AvgIpc) is 2.68. The molecule has 1 N–H and O–H groups in total. The van der Waals surface area contributed by atoms with Crippen molar-refractivity contribution in [2.45, 2.75) is 44.0 Å². The summed E-state index contributed by atoms with van der Waals surface area (Å²) < 4.78 is 27.5. The number of hydrogen-bond acceptors (Lipinski definition) is 4. The molecule has 2 aromatic carbocycles. The number of nitrogens with one attached hydrogen (secondary N) is 1. The number of likely N-dealkylation sites (tertiary alicyclic amines) is 1. The van der Waals surface area contributed by atoms with Crippen molar-refractivity contribution in [3.8, 4) is 0 Å². The first-order valence-corrected chi connectivity index (χ1v) is 10.8. The highest BCUT2D eigenvalue weighted by molar-refractivity contribution is 7.92. The van der Waals surface area contributed by atoms with Gasteiger partial charge in [-0.3, -0.25) is 14.3 Å². The molecule has 0 radical (unpaired) electrons. The number of rotatable bonds is 5. The smallest absolute Gasteiger partial charge is 0.261 e. The number of ketones is 1. The van der Waals surface area contributed by atoms with Crippen LogP contribution in [-0.4, -0.2) is 37.6 Å². The van der Waals surface area contributed by atoms with E-state index >= 15 is 0 Å². The summed E-state index contributed by atoms with van der Waals surface area (Å²) in [7, 11) is -3.77. The quantitative estimate of drug-likeness (QED) is 0.776. The molecule has 1 aliphatic rings. The Hall–Kier alpha value is -2.67. The Bertz CT molecular complexity index is 966. The summed E-state index contributed by atoms with van der Waals surface area (Å²) in [4.78, 5) is 25.9. The Balaban J connectivity index is 1.72. The SMILES string of the molecule is CC(=O)c1ccc(S(=O)(=O)Nc2ccc(C(=O)N3CCCCC3C)cc2)cc1. The average molecular weight is 401 g/mol. The first-order chi connectivity index (χ1) is 13.3. The highest BCUT2D eigenvalue weighted by Crippen LogP contribution is 2.21. The van der Waals surface area contributed by atoms with Crippen LogP contribution in [0.4, 0.5) is 5.69 Å². The molecule has 6 nitrogen and oxygen atoms in total. The van der Waals surface area contributed by atoms with Crippen molar-refractivity contribution < 1.29 is 18.0 Å². The summed E-state index contributed by atoms with van der Waals surface area (Å²) in [5, 5.41) is 0. The number of piperidine rings is 1. The minimum atomic E-state index is -3.77. The number of carbonyl (C=O) groups is 2. The molecule has 0 aliphatic carbocycles. The van der Waals surface area contributed by atoms with E-state index in [1.54, 1.807) is 24.3 Å². The first kappa shape index (κ1) is 20.1. The molecule has 1 aliphatic heterocycles. The van der Waals surface area contributed by atoms with E-state index in [-0.39, 0.29) is 22.6 Å². The fourth-order valence-electron chi connectivity index (χ4n) is 3.33. The third-order valence-corrected chi connectivity index (χ3v) is 6.42. The van der Waals surface area contributed by atoms with Gasteiger partial charge in [0.1, 0.15) is 0 Å². The van der Waals surface area contributed by atoms with Crippen molar-refractivity contribution in [3.05, 3.63) is 59.7 Å². The van der Waals surface area contributed by atoms with Gasteiger partial charge < -0.3 is 4.90 Å². The van der Waals surface area contributed by atoms with Gasteiger partial charge in [0.15, 0.2) is 5.78 Å². The number of sulfonamides is 1. The van der Waals surface area contributed by atoms with Gasteiger partial charge >= 0.3 is 0 Å². The number of amides is 1. The van der Waals surface area contributed by atoms with E-state index in [0.29, 0.717) is 16.8 Å². The molecule has 0 bridgehead atoms. The minimum absolute atomic E-state index is 0.0265. The molecule has 0 saturated carbocycles. The fourth-order valence-corrected chi connectivity index (χ4v) is 4.39. The lowest BCUT2D eigenvalue weighted by atomic mass is 10.0. The van der Waals surface area contributed by atoms with Crippen LogP contribution in [0.1, 0.15) is 53.8 Å². The largest absolute Gasteiger partial charge is 0.336 e. The third kappa shape index (κ3) is 4.42. The van der Waals surface area contributed by atoms with E-state index in [9.17, 15) is 18.0 Å². The lowest BCUT2D eigenvalue weighted by Gasteiger charge is -2.33. The van der Waals surface area contributed by atoms with Gasteiger partial charge in [-0.2, -0.15) is 0 Å². The monoisotopic (exact) mass is 400 g/mol. The van der Waals surface area contributed by atoms with Crippen LogP contribution in [0.2, 0.25) is 0 Å². The van der Waals surface area contributed by atoms with Gasteiger partial charge in [-0.1, -0.05) is 12.1 Å². The number of anilines is 1. The highest BCUT2D eigenvalue weighted by Gasteiger charge is 2.24. The molecular formula is C21H24N2O4S. The first-order valence-electron chi connectivity index (χ1n) is 9.33. The summed E-state index contributed by atoms with van der Waals surface area (Å²) in [5.41, 5.74) is 1.37. The van der Waals surface area contributed by atoms with Crippen LogP contribution in [0.25, 0.3) is 0 Å². The number of nitrogens with zero attached hydrogens (tertiary/aromatic N) is 1. The van der Waals surface area contributed by atoms with Gasteiger partial charge in [0, 0.05) is 29.4 Å². The molecule has 2 aromatic rings. The minimum Gasteiger partial charge on any atom is -0.336 e. The number of hydrogen-bond donors (Lipinski definition) is 1. The maximum Gasteiger partial charge on any atom is 0.261 e. The van der Waals surface area contributed by atoms with Crippen molar-refractivity contribution in [2.24, 2.45) is 0 Å². The number of carbonyl (C=O) groups excluding carboxylic acids is 2. The second kappa shape index (κ2) is 8.14. The predicted octanol–water partition coefficient (Wildman–Crippen LogP) is 3.70. The fraction of sp³-hybridized carbons (Fsp3) is 0.333. The molecule has 7 heteroatoms. The predicted molar refractivity (Wildman–Crippen MR) is 108 cm³/mol. The zero-order valence-corrected chi connectivity index (χ0v) is 16.8. The van der Waals surface area contributed by atoms with Crippen molar-refractivity contribution in [3.63, 3.8) is 0 Å². The molecule has 148 valence electrons. The van der Waals surface area contributed by atoms with Crippen LogP contribution in [0, 0.1) is 0 Å². The molecule has 28 heavy (non-hydrogen) atoms. The Morgan fingerprint density at radius 3 is 2.14 bits per heavy atom. The third-order valence-electron chi connectivity index (χ3n) is 5.02. The summed E-state index contributed by atoms with van der Waals surface area (Å²) in [6.45, 7) is 4.23. The summed E-state index contributed by atoms with van der Waals surface area (Å²) >= 11 is 0. The molecule has 0 aromatic heterocycles. The molecule has 1 atom stereocenters. The molecule has 1 saturated heterocycles. The normalized spacial score (nSPS) is 17.2. The standard InChI is InChI=1S/C21H24N2O4S/c1-15-5-3-4-14-23(15)21(25)18-6-10-19(11-7-18)22-28(26,27)20-12-8-17(9-13-20)16(2)24/h6-13,15,22H,3-5,14H2,1-2H3. The van der Waals surface area contributed by atoms with Crippen molar-refractivity contribution >= 4 is 27.4 Å². The summed E-state index contributed by atoms with van der Waals surface area (Å²) in [5.74, 6) is -0.151. The van der Waals surface area contributed by atoms with Crippen LogP contribution >= 0.6 is 0 Å². The molecule has 3 rings (SSSR count). The van der Waals surface area contributed by atoms with Gasteiger partial charge in [0.05, 0.1) is 4.90 Å². The van der Waals surface area contributed by atoms with Crippen LogP contribution in [0.3, 0.4) is 0 Å².